The molecular weight excluding hydrogens is 912 g/mol. The second-order valence-electron chi connectivity index (χ2n) is 16.8. The molecule has 0 unspecified atom stereocenters. The van der Waals surface area contributed by atoms with E-state index in [1.54, 1.807) is 26.1 Å². The van der Waals surface area contributed by atoms with E-state index >= 15 is 0 Å². The number of fused-ring (bicyclic) bond motifs is 4. The number of hydrogen-bond donors (Lipinski definition) is 0. The molecule has 0 aliphatic heterocycles. The monoisotopic (exact) mass is 969 g/mol. The summed E-state index contributed by atoms with van der Waals surface area (Å²) < 4.78 is 53.8. The van der Waals surface area contributed by atoms with Crippen LogP contribution in [0.5, 0.6) is 0 Å². The Morgan fingerprint density at radius 2 is 1.53 bits per heavy atom. The van der Waals surface area contributed by atoms with Crippen molar-refractivity contribution in [2.24, 2.45) is 0 Å². The van der Waals surface area contributed by atoms with Gasteiger partial charge in [0.15, 0.2) is 0 Å². The average molecular weight is 969 g/mol. The number of benzene rings is 4. The summed E-state index contributed by atoms with van der Waals surface area (Å²) in [5, 5.41) is 3.24. The zero-order valence-corrected chi connectivity index (χ0v) is 38.5. The number of rotatable bonds is 7. The van der Waals surface area contributed by atoms with Gasteiger partial charge in [-0.05, 0) is 65.7 Å². The number of aryl methyl sites for hydroxylation is 3. The summed E-state index contributed by atoms with van der Waals surface area (Å²) in [4.78, 5) is 14.5. The molecule has 5 nitrogen and oxygen atoms in total. The molecule has 4 aromatic heterocycles. The Kier molecular flexibility index (Phi) is 10.9. The standard InChI is InChI=1S/C32H30N3O.C18H23FNSi.Ir/c1-18(2)22-12-9-13-23(19(3)4)30(22)35-29-21(6)33-20(5)17-27(29)34-32(35)26-15-10-14-25-24-11-7-8-16-28(24)36-31(25)26;1-12(2)15-10-17(20-11-18(15)21(4,5)6)14-8-7-13(3)9-16(14)19;/h7-14,16-19H,1-6H3;7,9-12H,1-6H3;/q2*-1;/i;3D3,12D;. The number of hydrogen-bond acceptors (Lipinski definition) is 4. The van der Waals surface area contributed by atoms with Gasteiger partial charge < -0.3 is 14.0 Å². The second kappa shape index (κ2) is 16.8. The fourth-order valence-corrected chi connectivity index (χ4v) is 9.30. The summed E-state index contributed by atoms with van der Waals surface area (Å²) in [7, 11) is -1.72. The molecule has 0 aliphatic rings. The Bertz CT molecular complexity index is 2920. The molecule has 8 rings (SSSR count). The smallest absolute Gasteiger partial charge is 0.120 e. The maximum absolute atomic E-state index is 14.5. The van der Waals surface area contributed by atoms with Gasteiger partial charge in [0.2, 0.25) is 0 Å². The quantitative estimate of drug-likeness (QED) is 0.118. The van der Waals surface area contributed by atoms with E-state index in [1.807, 2.05) is 25.1 Å². The normalized spacial score (nSPS) is 13.3. The zero-order valence-electron chi connectivity index (χ0n) is 39.1. The predicted molar refractivity (Wildman–Crippen MR) is 238 cm³/mol. The Hall–Kier alpha value is -4.75. The second-order valence-corrected chi connectivity index (χ2v) is 21.8. The van der Waals surface area contributed by atoms with E-state index in [-0.39, 0.29) is 31.2 Å². The first kappa shape index (κ1) is 37.5. The number of imidazole rings is 1. The maximum Gasteiger partial charge on any atom is 0.120 e. The zero-order chi connectivity index (χ0) is 44.3. The Labute approximate surface area is 363 Å². The molecule has 58 heavy (non-hydrogen) atoms. The molecule has 8 aromatic rings. The van der Waals surface area contributed by atoms with Gasteiger partial charge in [0, 0.05) is 54.4 Å². The molecular formula is C50H53FIrN4OSi-2. The first-order valence-electron chi connectivity index (χ1n) is 21.6. The minimum atomic E-state index is -2.38. The number of aromatic nitrogens is 4. The summed E-state index contributed by atoms with van der Waals surface area (Å²) >= 11 is 0. The van der Waals surface area contributed by atoms with Crippen molar-refractivity contribution in [3.05, 3.63) is 137 Å². The van der Waals surface area contributed by atoms with Crippen molar-refractivity contribution < 1.29 is 34.4 Å². The van der Waals surface area contributed by atoms with Crippen LogP contribution in [0, 0.1) is 38.6 Å². The van der Waals surface area contributed by atoms with Gasteiger partial charge in [0.1, 0.15) is 5.58 Å². The molecule has 4 heterocycles. The van der Waals surface area contributed by atoms with Crippen LogP contribution in [0.4, 0.5) is 4.39 Å². The van der Waals surface area contributed by atoms with Crippen molar-refractivity contribution in [2.45, 2.75) is 99.6 Å². The summed E-state index contributed by atoms with van der Waals surface area (Å²) in [5.41, 5.74) is 11.4. The van der Waals surface area contributed by atoms with Crippen LogP contribution in [-0.2, 0) is 20.1 Å². The first-order valence-corrected chi connectivity index (χ1v) is 23.1. The largest absolute Gasteiger partial charge is 0.501 e. The van der Waals surface area contributed by atoms with Crippen molar-refractivity contribution in [3.8, 4) is 28.3 Å². The van der Waals surface area contributed by atoms with Gasteiger partial charge >= 0.3 is 0 Å². The molecule has 0 fully saturated rings. The minimum absolute atomic E-state index is 0. The Balaban J connectivity index is 0.000000218. The maximum atomic E-state index is 14.5. The summed E-state index contributed by atoms with van der Waals surface area (Å²) in [5.74, 6) is 0.000672. The Morgan fingerprint density at radius 1 is 0.828 bits per heavy atom. The molecule has 1 radical (unpaired) electrons. The topological polar surface area (TPSA) is 56.7 Å². The van der Waals surface area contributed by atoms with E-state index in [4.69, 9.17) is 19.9 Å². The van der Waals surface area contributed by atoms with Gasteiger partial charge in [-0.2, -0.15) is 0 Å². The minimum Gasteiger partial charge on any atom is -0.501 e. The van der Waals surface area contributed by atoms with Crippen LogP contribution in [0.3, 0.4) is 0 Å². The van der Waals surface area contributed by atoms with Crippen molar-refractivity contribution in [1.82, 2.24) is 19.5 Å². The predicted octanol–water partition coefficient (Wildman–Crippen LogP) is 13.3. The van der Waals surface area contributed by atoms with Crippen LogP contribution in [0.25, 0.3) is 61.3 Å². The van der Waals surface area contributed by atoms with Gasteiger partial charge in [0.25, 0.3) is 0 Å². The molecule has 0 spiro atoms. The van der Waals surface area contributed by atoms with Crippen molar-refractivity contribution in [1.29, 1.82) is 0 Å². The van der Waals surface area contributed by atoms with Crippen LogP contribution in [0.1, 0.15) is 98.4 Å². The number of halogens is 1. The SMILES string of the molecule is Cc1cc2nc(-c3[c-]ccc4c3oc3ccccc34)n(-c3c(C(C)C)cccc3C(C)C)c2c(C)n1.[2H]C([2H])([2H])c1c[c-]c(-c2cc(C([2H])(C)C)c([Si](C)(C)C)cn2)c(F)c1.[Ir]. The van der Waals surface area contributed by atoms with E-state index in [9.17, 15) is 4.39 Å². The average Bonchev–Trinajstić information content (AvgIpc) is 3.75. The molecule has 0 aliphatic carbocycles. The molecule has 301 valence electrons. The fourth-order valence-electron chi connectivity index (χ4n) is 7.71. The van der Waals surface area contributed by atoms with Gasteiger partial charge in [-0.25, -0.2) is 0 Å². The van der Waals surface area contributed by atoms with Crippen LogP contribution >= 0.6 is 0 Å². The summed E-state index contributed by atoms with van der Waals surface area (Å²) in [6.07, 6.45) is 1.73. The fraction of sp³-hybridized carbons (Fsp3) is 0.300. The first-order chi connectivity index (χ1) is 28.6. The van der Waals surface area contributed by atoms with E-state index in [1.165, 1.54) is 22.9 Å². The number of nitrogens with zero attached hydrogens (tertiary/aromatic N) is 4. The molecule has 0 N–H and O–H groups in total. The van der Waals surface area contributed by atoms with Crippen molar-refractivity contribution in [3.63, 3.8) is 0 Å². The van der Waals surface area contributed by atoms with Gasteiger partial charge in [0.05, 0.1) is 36.2 Å². The molecule has 0 saturated heterocycles. The molecule has 0 atom stereocenters. The third-order valence-electron chi connectivity index (χ3n) is 10.5. The van der Waals surface area contributed by atoms with E-state index in [2.05, 4.69) is 118 Å². The number of pyridine rings is 2. The summed E-state index contributed by atoms with van der Waals surface area (Å²) in [6.45, 7) is 20.9. The van der Waals surface area contributed by atoms with Gasteiger partial charge in [-0.3, -0.25) is 14.4 Å². The van der Waals surface area contributed by atoms with E-state index in [0.29, 0.717) is 17.5 Å². The van der Waals surface area contributed by atoms with Gasteiger partial charge in [-0.1, -0.05) is 133 Å². The molecule has 0 bridgehead atoms. The third-order valence-corrected chi connectivity index (χ3v) is 12.5. The van der Waals surface area contributed by atoms with E-state index < -0.39 is 26.6 Å². The van der Waals surface area contributed by atoms with Crippen LogP contribution in [0.15, 0.2) is 89.5 Å². The van der Waals surface area contributed by atoms with Crippen LogP contribution < -0.4 is 5.19 Å². The molecule has 0 amide bonds. The molecule has 8 heteroatoms. The molecule has 4 aromatic carbocycles. The number of para-hydroxylation sites is 2. The van der Waals surface area contributed by atoms with E-state index in [0.717, 1.165) is 72.6 Å². The number of furan rings is 1. The molecule has 0 saturated carbocycles. The van der Waals surface area contributed by atoms with Gasteiger partial charge in [-0.15, -0.1) is 42.0 Å². The van der Waals surface area contributed by atoms with Crippen molar-refractivity contribution in [2.75, 3.05) is 0 Å². The van der Waals surface area contributed by atoms with Crippen molar-refractivity contribution >= 4 is 46.2 Å². The third kappa shape index (κ3) is 8.12. The van der Waals surface area contributed by atoms with Crippen LogP contribution in [0.2, 0.25) is 19.6 Å². The summed E-state index contributed by atoms with van der Waals surface area (Å²) in [6, 6.07) is 31.2. The van der Waals surface area contributed by atoms with Crippen LogP contribution in [-0.4, -0.2) is 27.6 Å². The Morgan fingerprint density at radius 3 is 2.17 bits per heavy atom.